The van der Waals surface area contributed by atoms with Crippen LogP contribution in [-0.4, -0.2) is 36.3 Å². The van der Waals surface area contributed by atoms with Gasteiger partial charge in [0.1, 0.15) is 0 Å². The third-order valence-electron chi connectivity index (χ3n) is 4.87. The fourth-order valence-corrected chi connectivity index (χ4v) is 4.30. The first kappa shape index (κ1) is 19.6. The van der Waals surface area contributed by atoms with Crippen LogP contribution in [0.1, 0.15) is 47.6 Å². The number of carbonyl (C=O) groups excluding carboxylic acids is 2. The molecular weight excluding hydrogens is 358 g/mol. The lowest BCUT2D eigenvalue weighted by atomic mass is 10.0. The Morgan fingerprint density at radius 2 is 2.04 bits per heavy atom. The lowest BCUT2D eigenvalue weighted by Crippen LogP contribution is -2.39. The van der Waals surface area contributed by atoms with Gasteiger partial charge in [-0.05, 0) is 48.4 Å². The molecule has 1 aromatic heterocycles. The third-order valence-corrected chi connectivity index (χ3v) is 5.86. The number of hydrogen-bond acceptors (Lipinski definition) is 4. The number of thiophene rings is 1. The number of nitrogens with zero attached hydrogens (tertiary/aromatic N) is 1. The Morgan fingerprint density at radius 3 is 2.81 bits per heavy atom. The standard InChI is InChI=1S/C21H27N3O2S/c1-14(2)12-22-21(26)17-6-4-5-7-18(17)23-20(25)13-24-10-8-19-16(15(24)3)9-11-27-19/h4-7,9,11,14-15H,8,10,12-13H2,1-3H3,(H,22,26)(H,23,25)/t15-/m1/s1. The molecule has 144 valence electrons. The highest BCUT2D eigenvalue weighted by atomic mass is 32.1. The van der Waals surface area contributed by atoms with Crippen LogP contribution in [0.25, 0.3) is 0 Å². The van der Waals surface area contributed by atoms with Gasteiger partial charge in [0, 0.05) is 24.0 Å². The number of rotatable bonds is 6. The number of nitrogens with one attached hydrogen (secondary N) is 2. The molecule has 0 radical (unpaired) electrons. The number of fused-ring (bicyclic) bond motifs is 1. The Hall–Kier alpha value is -2.18. The second-order valence-corrected chi connectivity index (χ2v) is 8.39. The molecule has 27 heavy (non-hydrogen) atoms. The van der Waals surface area contributed by atoms with Gasteiger partial charge in [-0.3, -0.25) is 14.5 Å². The highest BCUT2D eigenvalue weighted by molar-refractivity contribution is 7.10. The maximum atomic E-state index is 12.6. The molecule has 2 heterocycles. The van der Waals surface area contributed by atoms with Crippen molar-refractivity contribution in [2.75, 3.05) is 25.0 Å². The topological polar surface area (TPSA) is 61.4 Å². The maximum Gasteiger partial charge on any atom is 0.253 e. The lowest BCUT2D eigenvalue weighted by Gasteiger charge is -2.33. The molecule has 1 aliphatic rings. The SMILES string of the molecule is CC(C)CNC(=O)c1ccccc1NC(=O)CN1CCc2sccc2[C@H]1C. The van der Waals surface area contributed by atoms with Crippen LogP contribution in [0.3, 0.4) is 0 Å². The van der Waals surface area contributed by atoms with E-state index in [1.807, 2.05) is 26.0 Å². The maximum absolute atomic E-state index is 12.6. The molecule has 2 amide bonds. The minimum Gasteiger partial charge on any atom is -0.352 e. The first-order chi connectivity index (χ1) is 13.0. The number of hydrogen-bond donors (Lipinski definition) is 2. The molecule has 0 saturated carbocycles. The molecule has 1 aliphatic heterocycles. The first-order valence-corrected chi connectivity index (χ1v) is 10.3. The van der Waals surface area contributed by atoms with Gasteiger partial charge in [-0.25, -0.2) is 0 Å². The van der Waals surface area contributed by atoms with Gasteiger partial charge in [0.2, 0.25) is 5.91 Å². The summed E-state index contributed by atoms with van der Waals surface area (Å²) in [5, 5.41) is 7.96. The molecule has 2 N–H and O–H groups in total. The lowest BCUT2D eigenvalue weighted by molar-refractivity contribution is -0.117. The van der Waals surface area contributed by atoms with E-state index in [9.17, 15) is 9.59 Å². The first-order valence-electron chi connectivity index (χ1n) is 9.43. The van der Waals surface area contributed by atoms with Crippen molar-refractivity contribution < 1.29 is 9.59 Å². The van der Waals surface area contributed by atoms with Gasteiger partial charge in [-0.1, -0.05) is 26.0 Å². The molecule has 0 fully saturated rings. The molecule has 0 saturated heterocycles. The zero-order valence-electron chi connectivity index (χ0n) is 16.1. The third kappa shape index (κ3) is 4.76. The number of benzene rings is 1. The van der Waals surface area contributed by atoms with Crippen molar-refractivity contribution in [1.82, 2.24) is 10.2 Å². The average Bonchev–Trinajstić information content (AvgIpc) is 3.12. The van der Waals surface area contributed by atoms with E-state index in [1.165, 1.54) is 10.4 Å². The van der Waals surface area contributed by atoms with Crippen LogP contribution in [-0.2, 0) is 11.2 Å². The van der Waals surface area contributed by atoms with Gasteiger partial charge in [-0.2, -0.15) is 0 Å². The fourth-order valence-electron chi connectivity index (χ4n) is 3.33. The molecule has 5 nitrogen and oxygen atoms in total. The quantitative estimate of drug-likeness (QED) is 0.797. The highest BCUT2D eigenvalue weighted by Gasteiger charge is 2.26. The van der Waals surface area contributed by atoms with Crippen molar-refractivity contribution >= 4 is 28.8 Å². The van der Waals surface area contributed by atoms with Gasteiger partial charge in [0.15, 0.2) is 0 Å². The van der Waals surface area contributed by atoms with Crippen molar-refractivity contribution in [3.63, 3.8) is 0 Å². The smallest absolute Gasteiger partial charge is 0.253 e. The summed E-state index contributed by atoms with van der Waals surface area (Å²) < 4.78 is 0. The second kappa shape index (κ2) is 8.67. The van der Waals surface area contributed by atoms with E-state index in [1.54, 1.807) is 23.5 Å². The molecule has 3 rings (SSSR count). The summed E-state index contributed by atoms with van der Waals surface area (Å²) in [6, 6.07) is 9.55. The van der Waals surface area contributed by atoms with E-state index in [0.717, 1.165) is 13.0 Å². The summed E-state index contributed by atoms with van der Waals surface area (Å²) in [4.78, 5) is 28.7. The number of anilines is 1. The summed E-state index contributed by atoms with van der Waals surface area (Å²) in [6.07, 6.45) is 0.985. The van der Waals surface area contributed by atoms with E-state index in [0.29, 0.717) is 30.3 Å². The predicted octanol–water partition coefficient (Wildman–Crippen LogP) is 3.69. The second-order valence-electron chi connectivity index (χ2n) is 7.39. The Kier molecular flexibility index (Phi) is 6.29. The summed E-state index contributed by atoms with van der Waals surface area (Å²) in [7, 11) is 0. The van der Waals surface area contributed by atoms with E-state index < -0.39 is 0 Å². The molecule has 0 spiro atoms. The van der Waals surface area contributed by atoms with E-state index >= 15 is 0 Å². The van der Waals surface area contributed by atoms with Crippen LogP contribution in [0.2, 0.25) is 0 Å². The van der Waals surface area contributed by atoms with Crippen LogP contribution in [0, 0.1) is 5.92 Å². The van der Waals surface area contributed by atoms with Gasteiger partial charge in [-0.15, -0.1) is 11.3 Å². The number of amides is 2. The van der Waals surface area contributed by atoms with Gasteiger partial charge in [0.05, 0.1) is 17.8 Å². The molecule has 1 atom stereocenters. The molecule has 6 heteroatoms. The Labute approximate surface area is 164 Å². The molecular formula is C21H27N3O2S. The fraction of sp³-hybridized carbons (Fsp3) is 0.429. The van der Waals surface area contributed by atoms with E-state index in [-0.39, 0.29) is 17.9 Å². The molecule has 1 aromatic carbocycles. The number of carbonyl (C=O) groups is 2. The van der Waals surface area contributed by atoms with E-state index in [4.69, 9.17) is 0 Å². The highest BCUT2D eigenvalue weighted by Crippen LogP contribution is 2.32. The van der Waals surface area contributed by atoms with Gasteiger partial charge in [0.25, 0.3) is 5.91 Å². The normalized spacial score (nSPS) is 16.8. The molecule has 0 aliphatic carbocycles. The minimum atomic E-state index is -0.158. The van der Waals surface area contributed by atoms with Crippen LogP contribution < -0.4 is 10.6 Å². The van der Waals surface area contributed by atoms with Crippen molar-refractivity contribution in [2.24, 2.45) is 5.92 Å². The molecule has 0 bridgehead atoms. The summed E-state index contributed by atoms with van der Waals surface area (Å²) >= 11 is 1.79. The van der Waals surface area contributed by atoms with Gasteiger partial charge < -0.3 is 10.6 Å². The summed E-state index contributed by atoms with van der Waals surface area (Å²) in [6.45, 7) is 8.04. The largest absolute Gasteiger partial charge is 0.352 e. The van der Waals surface area contributed by atoms with E-state index in [2.05, 4.69) is 33.9 Å². The predicted molar refractivity (Wildman–Crippen MR) is 110 cm³/mol. The van der Waals surface area contributed by atoms with Crippen molar-refractivity contribution in [2.45, 2.75) is 33.2 Å². The Balaban J connectivity index is 1.64. The van der Waals surface area contributed by atoms with Crippen LogP contribution in [0.15, 0.2) is 35.7 Å². The summed E-state index contributed by atoms with van der Waals surface area (Å²) in [5.74, 6) is 0.122. The van der Waals surface area contributed by atoms with Crippen LogP contribution in [0.5, 0.6) is 0 Å². The van der Waals surface area contributed by atoms with Crippen LogP contribution >= 0.6 is 11.3 Å². The Bertz CT molecular complexity index is 815. The van der Waals surface area contributed by atoms with Crippen molar-refractivity contribution in [3.8, 4) is 0 Å². The van der Waals surface area contributed by atoms with Crippen molar-refractivity contribution in [3.05, 3.63) is 51.7 Å². The zero-order chi connectivity index (χ0) is 19.4. The molecule has 0 unspecified atom stereocenters. The van der Waals surface area contributed by atoms with Gasteiger partial charge >= 0.3 is 0 Å². The van der Waals surface area contributed by atoms with Crippen LogP contribution in [0.4, 0.5) is 5.69 Å². The minimum absolute atomic E-state index is 0.0929. The Morgan fingerprint density at radius 1 is 1.26 bits per heavy atom. The van der Waals surface area contributed by atoms with Crippen molar-refractivity contribution in [1.29, 1.82) is 0 Å². The number of para-hydroxylation sites is 1. The average molecular weight is 386 g/mol. The monoisotopic (exact) mass is 385 g/mol. The molecule has 2 aromatic rings. The summed E-state index contributed by atoms with van der Waals surface area (Å²) in [5.41, 5.74) is 2.38. The zero-order valence-corrected chi connectivity index (χ0v) is 16.9.